The summed E-state index contributed by atoms with van der Waals surface area (Å²) in [5.41, 5.74) is -1.21. The number of benzene rings is 1. The van der Waals surface area contributed by atoms with Crippen LogP contribution in [0.4, 0.5) is 0 Å². The van der Waals surface area contributed by atoms with Crippen LogP contribution in [-0.2, 0) is 19.7 Å². The Kier molecular flexibility index (Phi) is 3.85. The molecular weight excluding hydrogens is 347 g/mol. The van der Waals surface area contributed by atoms with Crippen LogP contribution >= 0.6 is 23.2 Å². The van der Waals surface area contributed by atoms with Gasteiger partial charge in [-0.05, 0) is 12.1 Å². The highest BCUT2D eigenvalue weighted by atomic mass is 35.5. The second-order valence-electron chi connectivity index (χ2n) is 3.77. The van der Waals surface area contributed by atoms with Gasteiger partial charge in [0.15, 0.2) is 5.70 Å². The van der Waals surface area contributed by atoms with Gasteiger partial charge in [0.1, 0.15) is 4.90 Å². The largest absolute Gasteiger partial charge is 0.476 e. The maximum atomic E-state index is 11.6. The molecule has 0 saturated carbocycles. The number of carboxylic acid groups (broad SMARTS) is 1. The number of azo groups is 1. The van der Waals surface area contributed by atoms with Crippen molar-refractivity contribution in [2.24, 2.45) is 10.2 Å². The number of halogens is 2. The van der Waals surface area contributed by atoms with E-state index in [0.717, 1.165) is 12.1 Å². The van der Waals surface area contributed by atoms with Gasteiger partial charge >= 0.3 is 5.97 Å². The van der Waals surface area contributed by atoms with E-state index in [2.05, 4.69) is 10.2 Å². The fourth-order valence-electron chi connectivity index (χ4n) is 1.61. The first-order valence-corrected chi connectivity index (χ1v) is 7.23. The van der Waals surface area contributed by atoms with Gasteiger partial charge in [0.05, 0.1) is 15.6 Å². The van der Waals surface area contributed by atoms with E-state index in [9.17, 15) is 18.0 Å². The molecule has 0 fully saturated rings. The Morgan fingerprint density at radius 1 is 1.14 bits per heavy atom. The molecule has 1 heterocycles. The Morgan fingerprint density at radius 3 is 2.29 bits per heavy atom. The third-order valence-corrected chi connectivity index (χ3v) is 4.09. The summed E-state index contributed by atoms with van der Waals surface area (Å²) in [6.07, 6.45) is 0. The van der Waals surface area contributed by atoms with E-state index in [1.54, 1.807) is 0 Å². The number of rotatable bonds is 3. The zero-order valence-electron chi connectivity index (χ0n) is 9.74. The number of nitrogens with zero attached hydrogens (tertiary/aromatic N) is 2. The summed E-state index contributed by atoms with van der Waals surface area (Å²) in [4.78, 5) is 21.9. The van der Waals surface area contributed by atoms with E-state index in [1.807, 2.05) is 0 Å². The molecule has 2 N–H and O–H groups in total. The predicted molar refractivity (Wildman–Crippen MR) is 70.7 cm³/mol. The van der Waals surface area contributed by atoms with Crippen molar-refractivity contribution in [3.8, 4) is 0 Å². The first kappa shape index (κ1) is 15.6. The topological polar surface area (TPSA) is 133 Å². The molecule has 1 aromatic rings. The summed E-state index contributed by atoms with van der Waals surface area (Å²) < 4.78 is 31.1. The lowest BCUT2D eigenvalue weighted by Gasteiger charge is -2.08. The molecule has 1 amide bonds. The smallest absolute Gasteiger partial charge is 0.357 e. The molecule has 21 heavy (non-hydrogen) atoms. The summed E-state index contributed by atoms with van der Waals surface area (Å²) >= 11 is 11.5. The molecule has 0 radical (unpaired) electrons. The van der Waals surface area contributed by atoms with Crippen LogP contribution in [0.3, 0.4) is 0 Å². The van der Waals surface area contributed by atoms with Crippen molar-refractivity contribution < 1.29 is 27.7 Å². The number of hydrogen-bond donors (Lipinski definition) is 2. The summed E-state index contributed by atoms with van der Waals surface area (Å²) in [6, 6.07) is 1.74. The minimum absolute atomic E-state index is 0.151. The third-order valence-electron chi connectivity index (χ3n) is 2.46. The maximum absolute atomic E-state index is 11.6. The Bertz CT molecular complexity index is 843. The Balaban J connectivity index is 2.73. The standard InChI is InChI=1S/C10H4Cl2N2O6S/c11-4-2-6(21(18,19)20)5(12)1-3(4)7-8(10(16)17)13-14-9(7)15/h1-2H,(H,16,17)(H,18,19,20). The molecule has 0 spiro atoms. The van der Waals surface area contributed by atoms with E-state index >= 15 is 0 Å². The highest BCUT2D eigenvalue weighted by molar-refractivity contribution is 7.86. The van der Waals surface area contributed by atoms with E-state index in [4.69, 9.17) is 32.9 Å². The van der Waals surface area contributed by atoms with Crippen molar-refractivity contribution in [3.05, 3.63) is 33.4 Å². The lowest BCUT2D eigenvalue weighted by atomic mass is 10.0. The average Bonchev–Trinajstić information content (AvgIpc) is 2.72. The molecule has 110 valence electrons. The first-order valence-electron chi connectivity index (χ1n) is 5.03. The van der Waals surface area contributed by atoms with Crippen LogP contribution in [0.15, 0.2) is 33.0 Å². The summed E-state index contributed by atoms with van der Waals surface area (Å²) in [7, 11) is -4.62. The van der Waals surface area contributed by atoms with Gasteiger partial charge < -0.3 is 5.11 Å². The van der Waals surface area contributed by atoms with Gasteiger partial charge in [0.25, 0.3) is 16.0 Å². The van der Waals surface area contributed by atoms with Crippen molar-refractivity contribution in [1.29, 1.82) is 0 Å². The van der Waals surface area contributed by atoms with Gasteiger partial charge in [-0.15, -0.1) is 10.2 Å². The zero-order valence-corrected chi connectivity index (χ0v) is 12.1. The maximum Gasteiger partial charge on any atom is 0.357 e. The average molecular weight is 351 g/mol. The second-order valence-corrected chi connectivity index (χ2v) is 5.98. The summed E-state index contributed by atoms with van der Waals surface area (Å²) in [5.74, 6) is -2.46. The molecule has 8 nitrogen and oxygen atoms in total. The van der Waals surface area contributed by atoms with Gasteiger partial charge in [-0.25, -0.2) is 4.79 Å². The van der Waals surface area contributed by atoms with Gasteiger partial charge in [0.2, 0.25) is 0 Å². The molecule has 0 bridgehead atoms. The van der Waals surface area contributed by atoms with Gasteiger partial charge in [0, 0.05) is 5.56 Å². The Morgan fingerprint density at radius 2 is 1.76 bits per heavy atom. The van der Waals surface area contributed by atoms with Crippen LogP contribution in [0.25, 0.3) is 5.57 Å². The van der Waals surface area contributed by atoms with Crippen LogP contribution in [0, 0.1) is 0 Å². The molecule has 1 aliphatic rings. The number of carbonyl (C=O) groups excluding carboxylic acids is 1. The van der Waals surface area contributed by atoms with Crippen LogP contribution < -0.4 is 0 Å². The second kappa shape index (κ2) is 5.19. The molecule has 1 aliphatic heterocycles. The first-order chi connectivity index (χ1) is 9.62. The highest BCUT2D eigenvalue weighted by Crippen LogP contribution is 2.36. The molecule has 0 saturated heterocycles. The van der Waals surface area contributed by atoms with Crippen molar-refractivity contribution in [2.45, 2.75) is 4.90 Å². The van der Waals surface area contributed by atoms with E-state index in [1.165, 1.54) is 0 Å². The normalized spacial score (nSPS) is 14.9. The SMILES string of the molecule is O=C(O)C1=C(c2cc(Cl)c(S(=O)(=O)O)cc2Cl)C(=O)N=N1. The molecule has 0 unspecified atom stereocenters. The van der Waals surface area contributed by atoms with Crippen molar-refractivity contribution >= 4 is 50.8 Å². The number of carboxylic acids is 1. The van der Waals surface area contributed by atoms with Crippen molar-refractivity contribution in [1.82, 2.24) is 0 Å². The number of hydrogen-bond acceptors (Lipinski definition) is 5. The Labute approximate surface area is 127 Å². The molecule has 0 aliphatic carbocycles. The quantitative estimate of drug-likeness (QED) is 0.801. The van der Waals surface area contributed by atoms with Crippen LogP contribution in [0.5, 0.6) is 0 Å². The fraction of sp³-hybridized carbons (Fsp3) is 0. The molecule has 0 atom stereocenters. The number of carbonyl (C=O) groups is 2. The minimum atomic E-state index is -4.62. The van der Waals surface area contributed by atoms with E-state index in [-0.39, 0.29) is 10.6 Å². The highest BCUT2D eigenvalue weighted by Gasteiger charge is 2.30. The van der Waals surface area contributed by atoms with Crippen LogP contribution in [0.2, 0.25) is 10.0 Å². The minimum Gasteiger partial charge on any atom is -0.476 e. The summed E-state index contributed by atoms with van der Waals surface area (Å²) in [6.45, 7) is 0. The molecule has 2 rings (SSSR count). The van der Waals surface area contributed by atoms with Crippen molar-refractivity contribution in [2.75, 3.05) is 0 Å². The van der Waals surface area contributed by atoms with E-state index < -0.39 is 43.2 Å². The van der Waals surface area contributed by atoms with Gasteiger partial charge in [-0.2, -0.15) is 8.42 Å². The fourth-order valence-corrected chi connectivity index (χ4v) is 2.96. The van der Waals surface area contributed by atoms with Gasteiger partial charge in [-0.3, -0.25) is 9.35 Å². The van der Waals surface area contributed by atoms with Gasteiger partial charge in [-0.1, -0.05) is 23.2 Å². The molecular formula is C10H4Cl2N2O6S. The number of amides is 1. The predicted octanol–water partition coefficient (Wildman–Crippen LogP) is 2.03. The summed E-state index contributed by atoms with van der Waals surface area (Å²) in [5, 5.41) is 14.5. The molecule has 11 heteroatoms. The molecule has 0 aromatic heterocycles. The lowest BCUT2D eigenvalue weighted by molar-refractivity contribution is -0.132. The zero-order chi connectivity index (χ0) is 15.9. The van der Waals surface area contributed by atoms with Crippen molar-refractivity contribution in [3.63, 3.8) is 0 Å². The number of aliphatic carboxylic acids is 1. The van der Waals surface area contributed by atoms with Crippen LogP contribution in [0.1, 0.15) is 5.56 Å². The lowest BCUT2D eigenvalue weighted by Crippen LogP contribution is -2.05. The monoisotopic (exact) mass is 350 g/mol. The van der Waals surface area contributed by atoms with E-state index in [0.29, 0.717) is 0 Å². The molecule has 1 aromatic carbocycles. The van der Waals surface area contributed by atoms with Crippen LogP contribution in [-0.4, -0.2) is 30.0 Å². The Hall–Kier alpha value is -1.81. The third kappa shape index (κ3) is 2.81.